The Labute approximate surface area is 137 Å². The third-order valence-corrected chi connectivity index (χ3v) is 5.84. The van der Waals surface area contributed by atoms with E-state index in [2.05, 4.69) is 33.8 Å². The minimum atomic E-state index is 0.0128. The first kappa shape index (κ1) is 15.5. The lowest BCUT2D eigenvalue weighted by molar-refractivity contribution is -0.118. The number of hydrogen-bond donors (Lipinski definition) is 1. The van der Waals surface area contributed by atoms with Crippen LogP contribution in [0, 0.1) is 6.92 Å². The van der Waals surface area contributed by atoms with Crippen LogP contribution in [0.25, 0.3) is 0 Å². The average molecular weight is 337 g/mol. The van der Waals surface area contributed by atoms with Crippen molar-refractivity contribution in [3.05, 3.63) is 21.9 Å². The molecule has 118 valence electrons. The number of rotatable bonds is 6. The Bertz CT molecular complexity index is 633. The summed E-state index contributed by atoms with van der Waals surface area (Å²) in [6.07, 6.45) is 4.72. The molecule has 1 saturated carbocycles. The van der Waals surface area contributed by atoms with Crippen molar-refractivity contribution in [2.75, 3.05) is 5.75 Å². The van der Waals surface area contributed by atoms with Gasteiger partial charge in [-0.05, 0) is 47.2 Å². The molecule has 2 heterocycles. The fourth-order valence-corrected chi connectivity index (χ4v) is 4.22. The Hall–Kier alpha value is -1.41. The van der Waals surface area contributed by atoms with Crippen molar-refractivity contribution >= 4 is 29.0 Å². The van der Waals surface area contributed by atoms with Crippen molar-refractivity contribution in [1.82, 2.24) is 25.5 Å². The molecule has 2 aromatic heterocycles. The van der Waals surface area contributed by atoms with Crippen LogP contribution >= 0.6 is 23.1 Å². The van der Waals surface area contributed by atoms with Crippen LogP contribution in [0.1, 0.15) is 42.2 Å². The molecule has 0 spiro atoms. The number of aryl methyl sites for hydroxylation is 1. The second-order valence-corrected chi connectivity index (χ2v) is 7.38. The van der Waals surface area contributed by atoms with Gasteiger partial charge in [0, 0.05) is 4.88 Å². The number of carbonyl (C=O) groups excluding carboxylic acids is 1. The van der Waals surface area contributed by atoms with Crippen molar-refractivity contribution in [2.24, 2.45) is 0 Å². The molecule has 0 unspecified atom stereocenters. The fourth-order valence-electron chi connectivity index (χ4n) is 2.60. The molecule has 1 fully saturated rings. The van der Waals surface area contributed by atoms with E-state index in [4.69, 9.17) is 0 Å². The van der Waals surface area contributed by atoms with Crippen LogP contribution < -0.4 is 5.32 Å². The maximum Gasteiger partial charge on any atom is 0.230 e. The Morgan fingerprint density at radius 2 is 2.32 bits per heavy atom. The zero-order chi connectivity index (χ0) is 15.4. The SMILES string of the molecule is Cc1ccsc1CNC(=O)CSc1nnnn1C1CCCC1. The molecule has 1 amide bonds. The third-order valence-electron chi connectivity index (χ3n) is 3.88. The van der Waals surface area contributed by atoms with E-state index in [1.807, 2.05) is 10.1 Å². The first-order chi connectivity index (χ1) is 10.7. The molecule has 3 rings (SSSR count). The number of hydrogen-bond acceptors (Lipinski definition) is 6. The van der Waals surface area contributed by atoms with Gasteiger partial charge in [-0.2, -0.15) is 0 Å². The molecule has 0 radical (unpaired) electrons. The number of nitrogens with zero attached hydrogens (tertiary/aromatic N) is 4. The molecule has 0 saturated heterocycles. The maximum absolute atomic E-state index is 12.0. The molecular weight excluding hydrogens is 318 g/mol. The smallest absolute Gasteiger partial charge is 0.230 e. The van der Waals surface area contributed by atoms with Gasteiger partial charge in [0.2, 0.25) is 11.1 Å². The Morgan fingerprint density at radius 1 is 1.50 bits per heavy atom. The summed E-state index contributed by atoms with van der Waals surface area (Å²) in [4.78, 5) is 13.2. The summed E-state index contributed by atoms with van der Waals surface area (Å²) in [5.74, 6) is 0.358. The first-order valence-corrected chi connectivity index (χ1v) is 9.31. The average Bonchev–Trinajstić information content (AvgIpc) is 3.24. The normalized spacial score (nSPS) is 15.3. The van der Waals surface area contributed by atoms with E-state index in [0.717, 1.165) is 18.0 Å². The van der Waals surface area contributed by atoms with E-state index in [1.165, 1.54) is 35.0 Å². The van der Waals surface area contributed by atoms with Gasteiger partial charge >= 0.3 is 0 Å². The molecule has 0 aromatic carbocycles. The van der Waals surface area contributed by atoms with Crippen LogP contribution in [0.15, 0.2) is 16.6 Å². The van der Waals surface area contributed by atoms with Crippen LogP contribution in [-0.2, 0) is 11.3 Å². The summed E-state index contributed by atoms with van der Waals surface area (Å²) in [6.45, 7) is 2.65. The highest BCUT2D eigenvalue weighted by Gasteiger charge is 2.22. The summed E-state index contributed by atoms with van der Waals surface area (Å²) in [6, 6.07) is 2.46. The lowest BCUT2D eigenvalue weighted by Crippen LogP contribution is -2.24. The van der Waals surface area contributed by atoms with Crippen LogP contribution in [-0.4, -0.2) is 31.9 Å². The van der Waals surface area contributed by atoms with Gasteiger partial charge in [0.15, 0.2) is 0 Å². The number of carbonyl (C=O) groups is 1. The zero-order valence-electron chi connectivity index (χ0n) is 12.5. The Kier molecular flexibility index (Phi) is 5.09. The van der Waals surface area contributed by atoms with E-state index in [1.54, 1.807) is 11.3 Å². The topological polar surface area (TPSA) is 72.7 Å². The summed E-state index contributed by atoms with van der Waals surface area (Å²) >= 11 is 3.08. The van der Waals surface area contributed by atoms with Crippen LogP contribution in [0.5, 0.6) is 0 Å². The maximum atomic E-state index is 12.0. The largest absolute Gasteiger partial charge is 0.350 e. The standard InChI is InChI=1S/C14H19N5OS2/c1-10-6-7-21-12(10)8-15-13(20)9-22-14-16-17-18-19(14)11-4-2-3-5-11/h6-7,11H,2-5,8-9H2,1H3,(H,15,20). The van der Waals surface area contributed by atoms with Gasteiger partial charge < -0.3 is 5.32 Å². The number of nitrogens with one attached hydrogen (secondary N) is 1. The molecule has 6 nitrogen and oxygen atoms in total. The zero-order valence-corrected chi connectivity index (χ0v) is 14.1. The molecule has 22 heavy (non-hydrogen) atoms. The molecular formula is C14H19N5OS2. The minimum Gasteiger partial charge on any atom is -0.350 e. The van der Waals surface area contributed by atoms with E-state index >= 15 is 0 Å². The number of aromatic nitrogens is 4. The van der Waals surface area contributed by atoms with E-state index in [9.17, 15) is 4.79 Å². The number of thiophene rings is 1. The predicted octanol–water partition coefficient (Wildman–Crippen LogP) is 2.57. The van der Waals surface area contributed by atoms with Gasteiger partial charge in [-0.15, -0.1) is 16.4 Å². The Balaban J connectivity index is 1.49. The molecule has 2 aromatic rings. The number of tetrazole rings is 1. The van der Waals surface area contributed by atoms with Crippen LogP contribution in [0.2, 0.25) is 0 Å². The molecule has 1 aliphatic carbocycles. The third kappa shape index (κ3) is 3.67. The summed E-state index contributed by atoms with van der Waals surface area (Å²) < 4.78 is 1.88. The van der Waals surface area contributed by atoms with Gasteiger partial charge in [0.25, 0.3) is 0 Å². The van der Waals surface area contributed by atoms with Gasteiger partial charge in [-0.25, -0.2) is 4.68 Å². The predicted molar refractivity (Wildman–Crippen MR) is 86.9 cm³/mol. The number of amides is 1. The van der Waals surface area contributed by atoms with Gasteiger partial charge in [0.1, 0.15) is 0 Å². The Morgan fingerprint density at radius 3 is 3.05 bits per heavy atom. The lowest BCUT2D eigenvalue weighted by Gasteiger charge is -2.10. The van der Waals surface area contributed by atoms with E-state index < -0.39 is 0 Å². The first-order valence-electron chi connectivity index (χ1n) is 7.44. The second-order valence-electron chi connectivity index (χ2n) is 5.44. The van der Waals surface area contributed by atoms with Gasteiger partial charge in [0.05, 0.1) is 18.3 Å². The molecule has 8 heteroatoms. The second kappa shape index (κ2) is 7.23. The molecule has 0 atom stereocenters. The fraction of sp³-hybridized carbons (Fsp3) is 0.571. The van der Waals surface area contributed by atoms with E-state index in [-0.39, 0.29) is 5.91 Å². The molecule has 1 aliphatic rings. The van der Waals surface area contributed by atoms with Gasteiger partial charge in [-0.1, -0.05) is 24.6 Å². The van der Waals surface area contributed by atoms with Crippen molar-refractivity contribution in [3.8, 4) is 0 Å². The van der Waals surface area contributed by atoms with Crippen molar-refractivity contribution < 1.29 is 4.79 Å². The summed E-state index contributed by atoms with van der Waals surface area (Å²) in [5.41, 5.74) is 1.23. The molecule has 1 N–H and O–H groups in total. The summed E-state index contributed by atoms with van der Waals surface area (Å²) in [5, 5.41) is 17.6. The quantitative estimate of drug-likeness (QED) is 0.820. The highest BCUT2D eigenvalue weighted by Crippen LogP contribution is 2.31. The molecule has 0 bridgehead atoms. The lowest BCUT2D eigenvalue weighted by atomic mass is 10.3. The number of thioether (sulfide) groups is 1. The van der Waals surface area contributed by atoms with Crippen molar-refractivity contribution in [3.63, 3.8) is 0 Å². The summed E-state index contributed by atoms with van der Waals surface area (Å²) in [7, 11) is 0. The highest BCUT2D eigenvalue weighted by molar-refractivity contribution is 7.99. The van der Waals surface area contributed by atoms with Crippen LogP contribution in [0.4, 0.5) is 0 Å². The van der Waals surface area contributed by atoms with Crippen LogP contribution in [0.3, 0.4) is 0 Å². The van der Waals surface area contributed by atoms with Gasteiger partial charge in [-0.3, -0.25) is 4.79 Å². The monoisotopic (exact) mass is 337 g/mol. The molecule has 0 aliphatic heterocycles. The highest BCUT2D eigenvalue weighted by atomic mass is 32.2. The van der Waals surface area contributed by atoms with Crippen molar-refractivity contribution in [2.45, 2.75) is 50.4 Å². The minimum absolute atomic E-state index is 0.0128. The van der Waals surface area contributed by atoms with E-state index in [0.29, 0.717) is 18.3 Å². The van der Waals surface area contributed by atoms with Crippen molar-refractivity contribution in [1.29, 1.82) is 0 Å².